The van der Waals surface area contributed by atoms with E-state index in [0.717, 1.165) is 25.8 Å². The van der Waals surface area contributed by atoms with Crippen molar-refractivity contribution in [2.24, 2.45) is 5.92 Å². The van der Waals surface area contributed by atoms with Gasteiger partial charge in [0.2, 0.25) is 0 Å². The van der Waals surface area contributed by atoms with E-state index in [4.69, 9.17) is 16.3 Å². The lowest BCUT2D eigenvalue weighted by molar-refractivity contribution is -0.862. The molecule has 1 N–H and O–H groups in total. The van der Waals surface area contributed by atoms with Gasteiger partial charge in [-0.2, -0.15) is 0 Å². The van der Waals surface area contributed by atoms with Crippen molar-refractivity contribution in [2.75, 3.05) is 20.6 Å². The van der Waals surface area contributed by atoms with Crippen molar-refractivity contribution in [1.29, 1.82) is 0 Å². The lowest BCUT2D eigenvalue weighted by Crippen LogP contribution is -3.06. The highest BCUT2D eigenvalue weighted by Crippen LogP contribution is 2.27. The third-order valence-corrected chi connectivity index (χ3v) is 4.10. The summed E-state index contributed by atoms with van der Waals surface area (Å²) in [6, 6.07) is 6.89. The number of benzene rings is 1. The third-order valence-electron chi connectivity index (χ3n) is 3.85. The highest BCUT2D eigenvalue weighted by atomic mass is 35.5. The van der Waals surface area contributed by atoms with E-state index in [1.54, 1.807) is 24.3 Å². The van der Waals surface area contributed by atoms with Crippen LogP contribution in [-0.4, -0.2) is 32.7 Å². The van der Waals surface area contributed by atoms with E-state index >= 15 is 0 Å². The van der Waals surface area contributed by atoms with Gasteiger partial charge in [-0.15, -0.1) is 0 Å². The molecule has 1 saturated carbocycles. The van der Waals surface area contributed by atoms with Crippen molar-refractivity contribution in [3.05, 3.63) is 34.9 Å². The predicted molar refractivity (Wildman–Crippen MR) is 80.3 cm³/mol. The molecule has 0 unspecified atom stereocenters. The van der Waals surface area contributed by atoms with E-state index in [0.29, 0.717) is 16.5 Å². The molecule has 2 rings (SSSR count). The quantitative estimate of drug-likeness (QED) is 0.864. The zero-order valence-electron chi connectivity index (χ0n) is 12.2. The molecule has 20 heavy (non-hydrogen) atoms. The fourth-order valence-corrected chi connectivity index (χ4v) is 3.00. The van der Waals surface area contributed by atoms with Crippen molar-refractivity contribution in [2.45, 2.75) is 31.8 Å². The summed E-state index contributed by atoms with van der Waals surface area (Å²) in [5.74, 6) is 0.248. The molecule has 4 heteroatoms. The third kappa shape index (κ3) is 4.22. The molecule has 0 amide bonds. The van der Waals surface area contributed by atoms with Crippen LogP contribution in [0.25, 0.3) is 0 Å². The van der Waals surface area contributed by atoms with Gasteiger partial charge in [0.1, 0.15) is 6.10 Å². The first-order chi connectivity index (χ1) is 9.56. The number of carbonyl (C=O) groups is 1. The molecule has 0 aromatic heterocycles. The number of quaternary nitrogens is 1. The molecule has 0 bridgehead atoms. The van der Waals surface area contributed by atoms with Crippen LogP contribution >= 0.6 is 11.6 Å². The summed E-state index contributed by atoms with van der Waals surface area (Å²) in [5.41, 5.74) is 0.580. The maximum atomic E-state index is 12.2. The summed E-state index contributed by atoms with van der Waals surface area (Å²) in [7, 11) is 4.29. The summed E-state index contributed by atoms with van der Waals surface area (Å²) in [4.78, 5) is 13.6. The molecule has 3 nitrogen and oxygen atoms in total. The van der Waals surface area contributed by atoms with Gasteiger partial charge in [0, 0.05) is 10.9 Å². The zero-order valence-corrected chi connectivity index (χ0v) is 13.0. The summed E-state index contributed by atoms with van der Waals surface area (Å²) >= 11 is 5.83. The van der Waals surface area contributed by atoms with Crippen molar-refractivity contribution in [3.8, 4) is 0 Å². The average Bonchev–Trinajstić information content (AvgIpc) is 2.41. The second-order valence-corrected chi connectivity index (χ2v) is 6.34. The second kappa shape index (κ2) is 7.09. The Bertz CT molecular complexity index is 444. The van der Waals surface area contributed by atoms with Crippen LogP contribution in [0.1, 0.15) is 36.0 Å². The molecule has 1 aromatic carbocycles. The van der Waals surface area contributed by atoms with E-state index in [2.05, 4.69) is 14.1 Å². The van der Waals surface area contributed by atoms with Gasteiger partial charge >= 0.3 is 5.97 Å². The van der Waals surface area contributed by atoms with E-state index in [9.17, 15) is 4.79 Å². The Morgan fingerprint density at radius 2 is 1.90 bits per heavy atom. The van der Waals surface area contributed by atoms with E-state index < -0.39 is 0 Å². The van der Waals surface area contributed by atoms with Gasteiger partial charge < -0.3 is 9.64 Å². The number of hydrogen-bond acceptors (Lipinski definition) is 2. The van der Waals surface area contributed by atoms with Crippen LogP contribution in [0.15, 0.2) is 24.3 Å². The van der Waals surface area contributed by atoms with Gasteiger partial charge in [-0.05, 0) is 43.5 Å². The number of ether oxygens (including phenoxy) is 1. The lowest BCUT2D eigenvalue weighted by atomic mass is 9.86. The Hall–Kier alpha value is -1.06. The zero-order chi connectivity index (χ0) is 14.5. The molecule has 0 spiro atoms. The molecule has 1 fully saturated rings. The number of carbonyl (C=O) groups excluding carboxylic acids is 1. The second-order valence-electron chi connectivity index (χ2n) is 5.91. The van der Waals surface area contributed by atoms with Gasteiger partial charge in [0.25, 0.3) is 0 Å². The Kier molecular flexibility index (Phi) is 5.44. The van der Waals surface area contributed by atoms with Gasteiger partial charge in [0.15, 0.2) is 0 Å². The summed E-state index contributed by atoms with van der Waals surface area (Å²) in [6.45, 7) is 1.05. The molecular weight excluding hydrogens is 274 g/mol. The minimum Gasteiger partial charge on any atom is -0.458 e. The predicted octanol–water partition coefficient (Wildman–Crippen LogP) is 2.20. The number of nitrogens with one attached hydrogen (secondary N) is 1. The maximum absolute atomic E-state index is 12.2. The molecular formula is C16H23ClNO2+. The Balaban J connectivity index is 1.99. The standard InChI is InChI=1S/C16H22ClNO2/c1-18(2)11-13-5-3-4-6-15(13)20-16(19)12-7-9-14(17)10-8-12/h7-10,13,15H,3-6,11H2,1-2H3/p+1/t13-,15+/m1/s1. The van der Waals surface area contributed by atoms with Crippen molar-refractivity contribution in [3.63, 3.8) is 0 Å². The molecule has 0 radical (unpaired) electrons. The molecule has 0 heterocycles. The fraction of sp³-hybridized carbons (Fsp3) is 0.562. The van der Waals surface area contributed by atoms with Crippen molar-refractivity contribution in [1.82, 2.24) is 0 Å². The van der Waals surface area contributed by atoms with E-state index in [-0.39, 0.29) is 12.1 Å². The summed E-state index contributed by atoms with van der Waals surface area (Å²) in [5, 5.41) is 0.633. The number of rotatable bonds is 4. The van der Waals surface area contributed by atoms with Crippen LogP contribution in [0.5, 0.6) is 0 Å². The number of halogens is 1. The van der Waals surface area contributed by atoms with E-state index in [1.807, 2.05) is 0 Å². The van der Waals surface area contributed by atoms with Gasteiger partial charge in [0.05, 0.1) is 26.2 Å². The molecule has 2 atom stereocenters. The van der Waals surface area contributed by atoms with Crippen LogP contribution in [0, 0.1) is 5.92 Å². The maximum Gasteiger partial charge on any atom is 0.338 e. The molecule has 110 valence electrons. The Morgan fingerprint density at radius 1 is 1.25 bits per heavy atom. The highest BCUT2D eigenvalue weighted by Gasteiger charge is 2.30. The first kappa shape index (κ1) is 15.3. The summed E-state index contributed by atoms with van der Waals surface area (Å²) < 4.78 is 5.74. The normalized spacial score (nSPS) is 22.8. The Labute approximate surface area is 125 Å². The monoisotopic (exact) mass is 296 g/mol. The van der Waals surface area contributed by atoms with Crippen LogP contribution < -0.4 is 4.90 Å². The van der Waals surface area contributed by atoms with Crippen LogP contribution in [-0.2, 0) is 4.74 Å². The van der Waals surface area contributed by atoms with Gasteiger partial charge in [-0.1, -0.05) is 18.0 Å². The number of hydrogen-bond donors (Lipinski definition) is 1. The molecule has 0 saturated heterocycles. The fourth-order valence-electron chi connectivity index (χ4n) is 2.88. The molecule has 1 aromatic rings. The van der Waals surface area contributed by atoms with Crippen LogP contribution in [0.4, 0.5) is 0 Å². The topological polar surface area (TPSA) is 30.7 Å². The van der Waals surface area contributed by atoms with Crippen molar-refractivity contribution >= 4 is 17.6 Å². The first-order valence-electron chi connectivity index (χ1n) is 7.32. The Morgan fingerprint density at radius 3 is 2.55 bits per heavy atom. The first-order valence-corrected chi connectivity index (χ1v) is 7.69. The number of esters is 1. The largest absolute Gasteiger partial charge is 0.458 e. The minimum absolute atomic E-state index is 0.0572. The smallest absolute Gasteiger partial charge is 0.338 e. The molecule has 1 aliphatic rings. The minimum atomic E-state index is -0.229. The summed E-state index contributed by atoms with van der Waals surface area (Å²) in [6.07, 6.45) is 4.59. The van der Waals surface area contributed by atoms with Gasteiger partial charge in [-0.25, -0.2) is 4.79 Å². The van der Waals surface area contributed by atoms with Gasteiger partial charge in [-0.3, -0.25) is 0 Å². The van der Waals surface area contributed by atoms with Crippen LogP contribution in [0.3, 0.4) is 0 Å². The average molecular weight is 297 g/mol. The van der Waals surface area contributed by atoms with Crippen molar-refractivity contribution < 1.29 is 14.4 Å². The highest BCUT2D eigenvalue weighted by molar-refractivity contribution is 6.30. The van der Waals surface area contributed by atoms with Crippen LogP contribution in [0.2, 0.25) is 5.02 Å². The van der Waals surface area contributed by atoms with E-state index in [1.165, 1.54) is 11.3 Å². The lowest BCUT2D eigenvalue weighted by Gasteiger charge is -2.31. The molecule has 0 aliphatic heterocycles. The molecule has 1 aliphatic carbocycles. The SMILES string of the molecule is C[NH+](C)C[C@H]1CCCC[C@@H]1OC(=O)c1ccc(Cl)cc1.